The normalized spacial score (nSPS) is 18.1. The number of nitrogens with one attached hydrogen (secondary N) is 1. The molecule has 1 fully saturated rings. The van der Waals surface area contributed by atoms with Crippen molar-refractivity contribution in [3.63, 3.8) is 0 Å². The Balaban J connectivity index is 1.56. The van der Waals surface area contributed by atoms with Crippen LogP contribution in [0.15, 0.2) is 35.7 Å². The van der Waals surface area contributed by atoms with Crippen molar-refractivity contribution in [1.82, 2.24) is 10.2 Å². The summed E-state index contributed by atoms with van der Waals surface area (Å²) in [6.07, 6.45) is 2.04. The van der Waals surface area contributed by atoms with Crippen LogP contribution >= 0.6 is 22.9 Å². The average Bonchev–Trinajstić information content (AvgIpc) is 3.08. The van der Waals surface area contributed by atoms with E-state index >= 15 is 0 Å². The number of amides is 1. The lowest BCUT2D eigenvalue weighted by atomic mass is 10.0. The Morgan fingerprint density at radius 3 is 2.76 bits per heavy atom. The molecule has 1 saturated heterocycles. The number of halogens is 1. The van der Waals surface area contributed by atoms with Crippen molar-refractivity contribution in [3.8, 4) is 0 Å². The van der Waals surface area contributed by atoms with Crippen molar-refractivity contribution in [1.29, 1.82) is 0 Å². The highest BCUT2D eigenvalue weighted by Gasteiger charge is 2.22. The van der Waals surface area contributed by atoms with Crippen LogP contribution in [0.2, 0.25) is 5.02 Å². The summed E-state index contributed by atoms with van der Waals surface area (Å²) in [5.74, 6) is -0.0991. The minimum Gasteiger partial charge on any atom is -0.348 e. The second kappa shape index (κ2) is 8.13. The number of rotatable bonds is 5. The molecule has 132 valence electrons. The highest BCUT2D eigenvalue weighted by molar-refractivity contribution is 7.12. The third kappa shape index (κ3) is 4.91. The highest BCUT2D eigenvalue weighted by Crippen LogP contribution is 2.18. The third-order valence-corrected chi connectivity index (χ3v) is 5.65. The van der Waals surface area contributed by atoms with Crippen molar-refractivity contribution in [2.75, 3.05) is 13.1 Å². The van der Waals surface area contributed by atoms with Gasteiger partial charge in [0.05, 0.1) is 10.4 Å². The van der Waals surface area contributed by atoms with Crippen molar-refractivity contribution in [2.45, 2.75) is 32.4 Å². The Morgan fingerprint density at radius 1 is 1.32 bits per heavy atom. The van der Waals surface area contributed by atoms with Gasteiger partial charge >= 0.3 is 0 Å². The van der Waals surface area contributed by atoms with E-state index in [0.29, 0.717) is 10.4 Å². The molecule has 1 atom stereocenters. The summed E-state index contributed by atoms with van der Waals surface area (Å²) >= 11 is 7.25. The van der Waals surface area contributed by atoms with E-state index in [4.69, 9.17) is 11.6 Å². The first kappa shape index (κ1) is 18.1. The molecule has 0 spiro atoms. The predicted molar refractivity (Wildman–Crippen MR) is 102 cm³/mol. The fraction of sp³-hybridized carbons (Fsp3) is 0.368. The van der Waals surface area contributed by atoms with Gasteiger partial charge in [0.1, 0.15) is 0 Å². The molecule has 2 heterocycles. The quantitative estimate of drug-likeness (QED) is 0.802. The molecule has 2 aromatic rings. The van der Waals surface area contributed by atoms with Crippen molar-refractivity contribution >= 4 is 34.6 Å². The maximum atomic E-state index is 12.4. The Hall–Kier alpha value is -1.69. The van der Waals surface area contributed by atoms with Crippen LogP contribution in [0.1, 0.15) is 45.4 Å². The zero-order valence-corrected chi connectivity index (χ0v) is 15.7. The van der Waals surface area contributed by atoms with Crippen molar-refractivity contribution < 1.29 is 9.59 Å². The fourth-order valence-corrected chi connectivity index (χ4v) is 3.99. The molecule has 1 aliphatic rings. The van der Waals surface area contributed by atoms with Gasteiger partial charge in [-0.1, -0.05) is 23.7 Å². The number of piperidine rings is 1. The molecule has 0 bridgehead atoms. The molecule has 1 aromatic carbocycles. The number of likely N-dealkylation sites (tertiary alicyclic amines) is 1. The van der Waals surface area contributed by atoms with E-state index in [1.54, 1.807) is 11.4 Å². The summed E-state index contributed by atoms with van der Waals surface area (Å²) in [4.78, 5) is 26.8. The number of hydrogen-bond acceptors (Lipinski definition) is 4. The van der Waals surface area contributed by atoms with Crippen molar-refractivity contribution in [2.24, 2.45) is 0 Å². The molecule has 4 nitrogen and oxygen atoms in total. The molecule has 1 aliphatic heterocycles. The Morgan fingerprint density at radius 2 is 2.08 bits per heavy atom. The van der Waals surface area contributed by atoms with Gasteiger partial charge in [0.2, 0.25) is 0 Å². The highest BCUT2D eigenvalue weighted by atomic mass is 35.5. The maximum absolute atomic E-state index is 12.4. The molecular formula is C19H21ClN2O2S. The number of carbonyl (C=O) groups is 2. The Bertz CT molecular complexity index is 757. The first-order valence-electron chi connectivity index (χ1n) is 8.38. The van der Waals surface area contributed by atoms with Crippen LogP contribution in [0.3, 0.4) is 0 Å². The van der Waals surface area contributed by atoms with Gasteiger partial charge in [-0.05, 0) is 50.1 Å². The Kier molecular flexibility index (Phi) is 5.89. The van der Waals surface area contributed by atoms with E-state index in [1.807, 2.05) is 24.3 Å². The van der Waals surface area contributed by atoms with Crippen LogP contribution < -0.4 is 5.32 Å². The fourth-order valence-electron chi connectivity index (χ4n) is 3.07. The lowest BCUT2D eigenvalue weighted by Crippen LogP contribution is -2.47. The summed E-state index contributed by atoms with van der Waals surface area (Å²) in [6.45, 7) is 4.24. The summed E-state index contributed by atoms with van der Waals surface area (Å²) in [5.41, 5.74) is 1.80. The molecule has 1 amide bonds. The number of ketones is 1. The zero-order valence-electron chi connectivity index (χ0n) is 14.1. The standard InChI is InChI=1S/C19H21ClN2O2S/c1-13(23)18-9-15(12-25-18)19(24)21-17-3-2-8-22(11-17)10-14-4-6-16(20)7-5-14/h4-7,9,12,17H,2-3,8,10-11H2,1H3,(H,21,24). The maximum Gasteiger partial charge on any atom is 0.252 e. The largest absolute Gasteiger partial charge is 0.348 e. The number of benzene rings is 1. The minimum atomic E-state index is -0.0953. The molecule has 0 aliphatic carbocycles. The molecule has 1 unspecified atom stereocenters. The van der Waals surface area contributed by atoms with E-state index in [-0.39, 0.29) is 17.7 Å². The molecule has 0 saturated carbocycles. The number of Topliss-reactive ketones (excluding diaryl/α,β-unsaturated/α-hetero) is 1. The molecule has 3 rings (SSSR count). The molecular weight excluding hydrogens is 356 g/mol. The van der Waals surface area contributed by atoms with Crippen LogP contribution in [0.25, 0.3) is 0 Å². The minimum absolute atomic E-state index is 0.00384. The summed E-state index contributed by atoms with van der Waals surface area (Å²) in [6, 6.07) is 9.70. The molecule has 0 radical (unpaired) electrons. The van der Waals surface area contributed by atoms with Crippen LogP contribution in [0.5, 0.6) is 0 Å². The summed E-state index contributed by atoms with van der Waals surface area (Å²) < 4.78 is 0. The molecule has 1 N–H and O–H groups in total. The second-order valence-corrected chi connectivity index (χ2v) is 7.78. The van der Waals surface area contributed by atoms with Crippen LogP contribution in [-0.2, 0) is 6.54 Å². The van der Waals surface area contributed by atoms with Crippen molar-refractivity contribution in [3.05, 3.63) is 56.7 Å². The predicted octanol–water partition coefficient (Wildman–Crippen LogP) is 4.00. The lowest BCUT2D eigenvalue weighted by molar-refractivity contribution is 0.0901. The molecule has 1 aromatic heterocycles. The van der Waals surface area contributed by atoms with Crippen LogP contribution in [0.4, 0.5) is 0 Å². The summed E-state index contributed by atoms with van der Waals surface area (Å²) in [5, 5.41) is 5.60. The second-order valence-electron chi connectivity index (χ2n) is 6.43. The third-order valence-electron chi connectivity index (χ3n) is 4.37. The first-order chi connectivity index (χ1) is 12.0. The monoisotopic (exact) mass is 376 g/mol. The van der Waals surface area contributed by atoms with E-state index < -0.39 is 0 Å². The molecule has 6 heteroatoms. The van der Waals surface area contributed by atoms with Gasteiger partial charge in [-0.15, -0.1) is 11.3 Å². The average molecular weight is 377 g/mol. The van der Waals surface area contributed by atoms with Crippen LogP contribution in [0, 0.1) is 0 Å². The van der Waals surface area contributed by atoms with E-state index in [2.05, 4.69) is 10.2 Å². The molecule has 25 heavy (non-hydrogen) atoms. The van der Waals surface area contributed by atoms with E-state index in [0.717, 1.165) is 37.5 Å². The van der Waals surface area contributed by atoms with Crippen LogP contribution in [-0.4, -0.2) is 35.7 Å². The smallest absolute Gasteiger partial charge is 0.252 e. The SMILES string of the molecule is CC(=O)c1cc(C(=O)NC2CCCN(Cc3ccc(Cl)cc3)C2)cs1. The number of carbonyl (C=O) groups excluding carboxylic acids is 2. The Labute approximate surface area is 156 Å². The van der Waals surface area contributed by atoms with E-state index in [9.17, 15) is 9.59 Å². The van der Waals surface area contributed by atoms with Gasteiger partial charge < -0.3 is 5.32 Å². The summed E-state index contributed by atoms with van der Waals surface area (Å²) in [7, 11) is 0. The topological polar surface area (TPSA) is 49.4 Å². The van der Waals surface area contributed by atoms with Gasteiger partial charge in [0, 0.05) is 29.5 Å². The van der Waals surface area contributed by atoms with Gasteiger partial charge in [-0.3, -0.25) is 14.5 Å². The van der Waals surface area contributed by atoms with Gasteiger partial charge in [-0.25, -0.2) is 0 Å². The lowest BCUT2D eigenvalue weighted by Gasteiger charge is -2.33. The van der Waals surface area contributed by atoms with Gasteiger partial charge in [0.25, 0.3) is 5.91 Å². The first-order valence-corrected chi connectivity index (χ1v) is 9.64. The number of hydrogen-bond donors (Lipinski definition) is 1. The van der Waals surface area contributed by atoms with Gasteiger partial charge in [-0.2, -0.15) is 0 Å². The zero-order chi connectivity index (χ0) is 17.8. The van der Waals surface area contributed by atoms with Gasteiger partial charge in [0.15, 0.2) is 5.78 Å². The number of nitrogens with zero attached hydrogens (tertiary/aromatic N) is 1. The number of thiophene rings is 1. The van der Waals surface area contributed by atoms with E-state index in [1.165, 1.54) is 23.8 Å².